The number of hydrogen-bond acceptors (Lipinski definition) is 3. The van der Waals surface area contributed by atoms with Crippen LogP contribution in [-0.2, 0) is 27.6 Å². The fourth-order valence-corrected chi connectivity index (χ4v) is 6.10. The van der Waals surface area contributed by atoms with Crippen molar-refractivity contribution in [2.45, 2.75) is 45.1 Å². The summed E-state index contributed by atoms with van der Waals surface area (Å²) in [6, 6.07) is 8.41. The lowest BCUT2D eigenvalue weighted by atomic mass is 9.80. The summed E-state index contributed by atoms with van der Waals surface area (Å²) in [6.45, 7) is 4.57. The lowest BCUT2D eigenvalue weighted by molar-refractivity contribution is 0.192. The maximum atomic E-state index is 12.4. The van der Waals surface area contributed by atoms with Gasteiger partial charge in [-0.2, -0.15) is 0 Å². The lowest BCUT2D eigenvalue weighted by Gasteiger charge is -2.33. The van der Waals surface area contributed by atoms with Gasteiger partial charge < -0.3 is 9.45 Å². The molecule has 0 N–H and O–H groups in total. The maximum absolute atomic E-state index is 12.4. The minimum absolute atomic E-state index is 0.0777. The van der Waals surface area contributed by atoms with Crippen molar-refractivity contribution in [3.8, 4) is 0 Å². The van der Waals surface area contributed by atoms with Crippen molar-refractivity contribution in [2.75, 3.05) is 32.4 Å². The summed E-state index contributed by atoms with van der Waals surface area (Å²) in [5.41, 5.74) is 2.60. The molecule has 138 valence electrons. The van der Waals surface area contributed by atoms with E-state index in [0.29, 0.717) is 13.1 Å². The fourth-order valence-electron chi connectivity index (χ4n) is 5.21. The molecule has 4 rings (SSSR count). The molecule has 4 nitrogen and oxygen atoms in total. The summed E-state index contributed by atoms with van der Waals surface area (Å²) in [5.74, 6) is 0.860. The average molecular weight is 363 g/mol. The van der Waals surface area contributed by atoms with E-state index in [1.165, 1.54) is 49.6 Å². The average Bonchev–Trinajstić information content (AvgIpc) is 3.14. The van der Waals surface area contributed by atoms with Crippen LogP contribution in [0, 0.1) is 11.3 Å². The highest BCUT2D eigenvalue weighted by Gasteiger charge is 2.45. The van der Waals surface area contributed by atoms with E-state index < -0.39 is 10.4 Å². The summed E-state index contributed by atoms with van der Waals surface area (Å²) in [7, 11) is -3.18. The Kier molecular flexibility index (Phi) is 4.78. The van der Waals surface area contributed by atoms with Gasteiger partial charge in [-0.3, -0.25) is 0 Å². The largest absolute Gasteiger partial charge is 0.598 e. The zero-order valence-electron chi connectivity index (χ0n) is 15.3. The molecule has 1 saturated heterocycles. The van der Waals surface area contributed by atoms with Gasteiger partial charge in [0.1, 0.15) is 16.7 Å². The first-order chi connectivity index (χ1) is 11.9. The Labute approximate surface area is 153 Å². The van der Waals surface area contributed by atoms with E-state index >= 15 is 0 Å². The van der Waals surface area contributed by atoms with Gasteiger partial charge in [-0.15, -0.1) is 4.31 Å². The molecule has 2 fully saturated rings. The van der Waals surface area contributed by atoms with Gasteiger partial charge in [0.15, 0.2) is 0 Å². The second kappa shape index (κ2) is 6.76. The smallest absolute Gasteiger partial charge is 0.122 e. The zero-order valence-corrected chi connectivity index (χ0v) is 16.1. The van der Waals surface area contributed by atoms with E-state index in [2.05, 4.69) is 23.1 Å². The minimum atomic E-state index is -3.18. The summed E-state index contributed by atoms with van der Waals surface area (Å²) in [5, 5.41) is 0. The Morgan fingerprint density at radius 1 is 1.20 bits per heavy atom. The third kappa shape index (κ3) is 3.85. The fraction of sp³-hybridized carbons (Fsp3) is 0.700. The van der Waals surface area contributed by atoms with Crippen molar-refractivity contribution in [1.82, 2.24) is 9.21 Å². The molecule has 0 radical (unpaired) electrons. The molecule has 2 unspecified atom stereocenters. The summed E-state index contributed by atoms with van der Waals surface area (Å²) in [6.07, 6.45) is 9.01. The van der Waals surface area contributed by atoms with E-state index in [9.17, 15) is 8.76 Å². The quantitative estimate of drug-likeness (QED) is 0.776. The Morgan fingerprint density at radius 2 is 1.92 bits per heavy atom. The molecular formula is C20H30N2O2S. The van der Waals surface area contributed by atoms with E-state index in [1.807, 2.05) is 6.07 Å². The van der Waals surface area contributed by atoms with Crippen LogP contribution < -0.4 is 0 Å². The summed E-state index contributed by atoms with van der Waals surface area (Å²) in [4.78, 5) is 2.62. The van der Waals surface area contributed by atoms with E-state index in [-0.39, 0.29) is 5.41 Å². The van der Waals surface area contributed by atoms with Crippen molar-refractivity contribution < 1.29 is 8.76 Å². The van der Waals surface area contributed by atoms with Crippen LogP contribution in [0.2, 0.25) is 0 Å². The molecule has 1 aromatic carbocycles. The van der Waals surface area contributed by atoms with Crippen LogP contribution in [0.4, 0.5) is 0 Å². The van der Waals surface area contributed by atoms with Crippen LogP contribution in [-0.4, -0.2) is 46.2 Å². The number of hydrogen-bond donors (Lipinski definition) is 0. The molecule has 1 spiro atoms. The predicted molar refractivity (Wildman–Crippen MR) is 101 cm³/mol. The van der Waals surface area contributed by atoms with Gasteiger partial charge in [0.25, 0.3) is 0 Å². The molecular weight excluding hydrogens is 332 g/mol. The topological polar surface area (TPSA) is 46.6 Å². The Balaban J connectivity index is 1.56. The first-order valence-electron chi connectivity index (χ1n) is 9.68. The standard InChI is InChI=1S/C20H30N2O2S/c1-25(23,24)22-14-19-9-5-4-8-18(19)12-20(16-22)10-11-21(15-20)13-17-6-2-3-7-17/h4-5,8-9,17H,2-3,6-7,10-16H2,1H3. The first-order valence-corrected chi connectivity index (χ1v) is 11.5. The highest BCUT2D eigenvalue weighted by molar-refractivity contribution is 7.94. The van der Waals surface area contributed by atoms with E-state index in [1.54, 1.807) is 4.31 Å². The summed E-state index contributed by atoms with van der Waals surface area (Å²) < 4.78 is 26.4. The monoisotopic (exact) mass is 362 g/mol. The number of sulfonamides is 1. The van der Waals surface area contributed by atoms with Gasteiger partial charge in [0.05, 0.1) is 13.1 Å². The number of likely N-dealkylation sites (tertiary alicyclic amines) is 1. The van der Waals surface area contributed by atoms with Crippen LogP contribution >= 0.6 is 0 Å². The normalized spacial score (nSPS) is 31.1. The number of benzene rings is 1. The van der Waals surface area contributed by atoms with Gasteiger partial charge in [0, 0.05) is 18.5 Å². The van der Waals surface area contributed by atoms with Crippen molar-refractivity contribution in [3.05, 3.63) is 35.4 Å². The number of nitrogens with zero attached hydrogens (tertiary/aromatic N) is 2. The molecule has 0 amide bonds. The molecule has 2 heterocycles. The zero-order chi connectivity index (χ0) is 17.5. The molecule has 1 saturated carbocycles. The van der Waals surface area contributed by atoms with E-state index in [4.69, 9.17) is 0 Å². The van der Waals surface area contributed by atoms with Crippen molar-refractivity contribution in [1.29, 1.82) is 0 Å². The predicted octanol–water partition coefficient (Wildman–Crippen LogP) is 3.10. The second-order valence-electron chi connectivity index (χ2n) is 8.61. The Hall–Kier alpha value is -0.750. The van der Waals surface area contributed by atoms with Crippen LogP contribution in [0.1, 0.15) is 43.2 Å². The Bertz CT molecular complexity index is 667. The lowest BCUT2D eigenvalue weighted by Crippen LogP contribution is -2.44. The highest BCUT2D eigenvalue weighted by atomic mass is 32.3. The molecule has 1 aliphatic carbocycles. The van der Waals surface area contributed by atoms with Gasteiger partial charge >= 0.3 is 0 Å². The molecule has 0 bridgehead atoms. The van der Waals surface area contributed by atoms with Crippen molar-refractivity contribution in [3.63, 3.8) is 0 Å². The van der Waals surface area contributed by atoms with Crippen LogP contribution in [0.15, 0.2) is 24.3 Å². The second-order valence-corrected chi connectivity index (χ2v) is 10.6. The molecule has 5 heteroatoms. The molecule has 0 aromatic heterocycles. The van der Waals surface area contributed by atoms with Gasteiger partial charge in [-0.1, -0.05) is 41.3 Å². The third-order valence-corrected chi connectivity index (χ3v) is 7.72. The van der Waals surface area contributed by atoms with Gasteiger partial charge in [-0.25, -0.2) is 0 Å². The molecule has 2 aliphatic heterocycles. The molecule has 2 atom stereocenters. The first kappa shape index (κ1) is 17.7. The van der Waals surface area contributed by atoms with Gasteiger partial charge in [-0.05, 0) is 49.3 Å². The van der Waals surface area contributed by atoms with Crippen LogP contribution in [0.25, 0.3) is 0 Å². The molecule has 25 heavy (non-hydrogen) atoms. The van der Waals surface area contributed by atoms with Crippen LogP contribution in [0.3, 0.4) is 0 Å². The number of rotatable bonds is 3. The van der Waals surface area contributed by atoms with Crippen molar-refractivity contribution >= 4 is 10.4 Å². The highest BCUT2D eigenvalue weighted by Crippen LogP contribution is 2.40. The molecule has 1 aromatic rings. The van der Waals surface area contributed by atoms with Crippen molar-refractivity contribution in [2.24, 2.45) is 11.3 Å². The summed E-state index contributed by atoms with van der Waals surface area (Å²) >= 11 is 0. The number of fused-ring (bicyclic) bond motifs is 1. The molecule has 3 aliphatic rings. The van der Waals surface area contributed by atoms with Gasteiger partial charge in [0.2, 0.25) is 0 Å². The maximum Gasteiger partial charge on any atom is 0.122 e. The SMILES string of the molecule is C[S+](=O)([O-])N1Cc2ccccc2CC2(CCN(CC3CCCC3)C2)C1. The minimum Gasteiger partial charge on any atom is -0.598 e. The third-order valence-electron chi connectivity index (χ3n) is 6.52. The van der Waals surface area contributed by atoms with Crippen LogP contribution in [0.5, 0.6) is 0 Å². The van der Waals surface area contributed by atoms with E-state index in [0.717, 1.165) is 31.8 Å². The Morgan fingerprint density at radius 3 is 2.64 bits per heavy atom.